The van der Waals surface area contributed by atoms with Crippen molar-refractivity contribution in [2.75, 3.05) is 25.1 Å². The van der Waals surface area contributed by atoms with Crippen molar-refractivity contribution in [2.45, 2.75) is 19.9 Å². The van der Waals surface area contributed by atoms with Crippen molar-refractivity contribution in [3.8, 4) is 0 Å². The van der Waals surface area contributed by atoms with Gasteiger partial charge >= 0.3 is 0 Å². The maximum Gasteiger partial charge on any atom is 0.191 e. The molecule has 1 heterocycles. The van der Waals surface area contributed by atoms with Gasteiger partial charge in [0.15, 0.2) is 11.7 Å². The summed E-state index contributed by atoms with van der Waals surface area (Å²) in [6.45, 7) is 5.75. The number of thioether (sulfide) groups is 1. The van der Waals surface area contributed by atoms with Gasteiger partial charge in [0.1, 0.15) is 0 Å². The van der Waals surface area contributed by atoms with Gasteiger partial charge in [-0.2, -0.15) is 11.8 Å². The van der Waals surface area contributed by atoms with E-state index < -0.39 is 0 Å². The maximum atomic E-state index is 11.8. The van der Waals surface area contributed by atoms with Gasteiger partial charge in [0.25, 0.3) is 0 Å². The second-order valence-corrected chi connectivity index (χ2v) is 4.79. The molecular weight excluding hydrogens is 210 g/mol. The molecule has 0 aromatic carbocycles. The molecule has 0 spiro atoms. The van der Waals surface area contributed by atoms with E-state index in [1.54, 1.807) is 11.8 Å². The van der Waals surface area contributed by atoms with Crippen LogP contribution < -0.4 is 10.6 Å². The summed E-state index contributed by atoms with van der Waals surface area (Å²) < 4.78 is 0. The fourth-order valence-corrected chi connectivity index (χ4v) is 1.96. The Labute approximate surface area is 95.3 Å². The van der Waals surface area contributed by atoms with Gasteiger partial charge < -0.3 is 10.6 Å². The van der Waals surface area contributed by atoms with Gasteiger partial charge in [-0.1, -0.05) is 13.8 Å². The summed E-state index contributed by atoms with van der Waals surface area (Å²) >= 11 is 1.56. The molecule has 1 rings (SSSR count). The van der Waals surface area contributed by atoms with E-state index in [0.717, 1.165) is 19.0 Å². The quantitative estimate of drug-likeness (QED) is 0.720. The average Bonchev–Trinajstić information content (AvgIpc) is 2.66. The third-order valence-corrected chi connectivity index (χ3v) is 2.84. The molecule has 1 aliphatic rings. The topological polar surface area (TPSA) is 53.5 Å². The SMILES string of the molecule is CSCC(=O)[C@@H](NC1=NCCN1)C(C)C. The van der Waals surface area contributed by atoms with Gasteiger partial charge in [0, 0.05) is 6.54 Å². The molecule has 0 fully saturated rings. The van der Waals surface area contributed by atoms with Crippen LogP contribution in [-0.2, 0) is 4.79 Å². The van der Waals surface area contributed by atoms with Gasteiger partial charge in [-0.05, 0) is 12.2 Å². The van der Waals surface area contributed by atoms with E-state index in [1.807, 2.05) is 20.1 Å². The molecule has 1 atom stereocenters. The number of carbonyl (C=O) groups is 1. The molecule has 0 amide bonds. The van der Waals surface area contributed by atoms with Gasteiger partial charge in [-0.3, -0.25) is 9.79 Å². The van der Waals surface area contributed by atoms with Gasteiger partial charge in [0.2, 0.25) is 0 Å². The zero-order chi connectivity index (χ0) is 11.3. The Balaban J connectivity index is 2.53. The van der Waals surface area contributed by atoms with Crippen molar-refractivity contribution in [3.05, 3.63) is 0 Å². The number of guanidine groups is 1. The number of carbonyl (C=O) groups excluding carboxylic acids is 1. The van der Waals surface area contributed by atoms with E-state index in [0.29, 0.717) is 5.75 Å². The molecule has 2 N–H and O–H groups in total. The number of hydrogen-bond acceptors (Lipinski definition) is 5. The Hall–Kier alpha value is -0.710. The highest BCUT2D eigenvalue weighted by Crippen LogP contribution is 2.06. The van der Waals surface area contributed by atoms with Crippen LogP contribution in [0.5, 0.6) is 0 Å². The van der Waals surface area contributed by atoms with Crippen LogP contribution in [0, 0.1) is 5.92 Å². The van der Waals surface area contributed by atoms with Gasteiger partial charge in [-0.25, -0.2) is 0 Å². The largest absolute Gasteiger partial charge is 0.355 e. The number of nitrogens with one attached hydrogen (secondary N) is 2. The van der Waals surface area contributed by atoms with Crippen LogP contribution in [0.1, 0.15) is 13.8 Å². The van der Waals surface area contributed by atoms with E-state index in [-0.39, 0.29) is 17.7 Å². The molecule has 4 nitrogen and oxygen atoms in total. The number of Topliss-reactive ketones (excluding diaryl/α,β-unsaturated/α-hetero) is 1. The highest BCUT2D eigenvalue weighted by Gasteiger charge is 2.23. The van der Waals surface area contributed by atoms with E-state index in [9.17, 15) is 4.79 Å². The third kappa shape index (κ3) is 3.74. The first-order valence-electron chi connectivity index (χ1n) is 5.21. The second kappa shape index (κ2) is 6.00. The minimum absolute atomic E-state index is 0.123. The molecule has 0 aromatic rings. The van der Waals surface area contributed by atoms with Crippen molar-refractivity contribution in [3.63, 3.8) is 0 Å². The van der Waals surface area contributed by atoms with Gasteiger partial charge in [0.05, 0.1) is 18.3 Å². The lowest BCUT2D eigenvalue weighted by Crippen LogP contribution is -2.48. The second-order valence-electron chi connectivity index (χ2n) is 3.92. The van der Waals surface area contributed by atoms with Crippen molar-refractivity contribution >= 4 is 23.5 Å². The molecule has 86 valence electrons. The fourth-order valence-electron chi connectivity index (χ4n) is 1.49. The van der Waals surface area contributed by atoms with E-state index in [4.69, 9.17) is 0 Å². The summed E-state index contributed by atoms with van der Waals surface area (Å²) in [6, 6.07) is -0.123. The average molecular weight is 229 g/mol. The first-order valence-corrected chi connectivity index (χ1v) is 6.61. The lowest BCUT2D eigenvalue weighted by atomic mass is 10.0. The van der Waals surface area contributed by atoms with E-state index >= 15 is 0 Å². The minimum Gasteiger partial charge on any atom is -0.355 e. The highest BCUT2D eigenvalue weighted by molar-refractivity contribution is 7.99. The van der Waals surface area contributed by atoms with Crippen LogP contribution in [0.3, 0.4) is 0 Å². The van der Waals surface area contributed by atoms with Crippen LogP contribution in [-0.4, -0.2) is 42.9 Å². The van der Waals surface area contributed by atoms with Crippen molar-refractivity contribution in [1.29, 1.82) is 0 Å². The molecule has 0 saturated carbocycles. The fraction of sp³-hybridized carbons (Fsp3) is 0.800. The van der Waals surface area contributed by atoms with Crippen molar-refractivity contribution in [2.24, 2.45) is 10.9 Å². The van der Waals surface area contributed by atoms with Crippen molar-refractivity contribution in [1.82, 2.24) is 10.6 Å². The minimum atomic E-state index is -0.123. The van der Waals surface area contributed by atoms with Crippen LogP contribution in [0.4, 0.5) is 0 Å². The predicted octanol–water partition coefficient (Wildman–Crippen LogP) is 0.492. The van der Waals surface area contributed by atoms with Crippen LogP contribution in [0.15, 0.2) is 4.99 Å². The van der Waals surface area contributed by atoms with E-state index in [2.05, 4.69) is 15.6 Å². The maximum absolute atomic E-state index is 11.8. The first kappa shape index (κ1) is 12.4. The van der Waals surface area contributed by atoms with Crippen LogP contribution in [0.25, 0.3) is 0 Å². The van der Waals surface area contributed by atoms with Crippen molar-refractivity contribution < 1.29 is 4.79 Å². The lowest BCUT2D eigenvalue weighted by Gasteiger charge is -2.21. The molecule has 0 radical (unpaired) electrons. The Bertz CT molecular complexity index is 253. The number of aliphatic imine (C=N–C) groups is 1. The summed E-state index contributed by atoms with van der Waals surface area (Å²) in [6.07, 6.45) is 1.95. The summed E-state index contributed by atoms with van der Waals surface area (Å²) in [5.74, 6) is 1.86. The molecule has 0 aromatic heterocycles. The molecule has 0 bridgehead atoms. The third-order valence-electron chi connectivity index (χ3n) is 2.27. The number of ketones is 1. The Morgan fingerprint density at radius 1 is 1.67 bits per heavy atom. The van der Waals surface area contributed by atoms with Crippen LogP contribution >= 0.6 is 11.8 Å². The molecule has 1 aliphatic heterocycles. The summed E-state index contributed by atoms with van der Waals surface area (Å²) in [5, 5.41) is 6.29. The predicted molar refractivity (Wildman–Crippen MR) is 65.5 cm³/mol. The zero-order valence-electron chi connectivity index (χ0n) is 9.54. The highest BCUT2D eigenvalue weighted by atomic mass is 32.2. The Morgan fingerprint density at radius 3 is 2.87 bits per heavy atom. The lowest BCUT2D eigenvalue weighted by molar-refractivity contribution is -0.119. The standard InChI is InChI=1S/C10H19N3OS/c1-7(2)9(8(14)6-15-3)13-10-11-4-5-12-10/h7,9H,4-6H2,1-3H3,(H2,11,12,13)/t9-/m0/s1. The van der Waals surface area contributed by atoms with E-state index in [1.165, 1.54) is 0 Å². The summed E-state index contributed by atoms with van der Waals surface area (Å²) in [7, 11) is 0. The Morgan fingerprint density at radius 2 is 2.40 bits per heavy atom. The first-order chi connectivity index (χ1) is 7.15. The smallest absolute Gasteiger partial charge is 0.191 e. The van der Waals surface area contributed by atoms with Crippen LogP contribution in [0.2, 0.25) is 0 Å². The summed E-state index contributed by atoms with van der Waals surface area (Å²) in [4.78, 5) is 16.0. The molecule has 0 aliphatic carbocycles. The molecule has 5 heteroatoms. The molecular formula is C10H19N3OS. The summed E-state index contributed by atoms with van der Waals surface area (Å²) in [5.41, 5.74) is 0. The molecule has 0 saturated heterocycles. The zero-order valence-corrected chi connectivity index (χ0v) is 10.4. The Kier molecular flexibility index (Phi) is 4.94. The number of nitrogens with zero attached hydrogens (tertiary/aromatic N) is 1. The normalized spacial score (nSPS) is 17.2. The molecule has 15 heavy (non-hydrogen) atoms. The molecule has 0 unspecified atom stereocenters. The number of hydrogen-bond donors (Lipinski definition) is 2. The monoisotopic (exact) mass is 229 g/mol. The number of rotatable bonds is 5. The van der Waals surface area contributed by atoms with Gasteiger partial charge in [-0.15, -0.1) is 0 Å².